The summed E-state index contributed by atoms with van der Waals surface area (Å²) < 4.78 is 0. The van der Waals surface area contributed by atoms with Gasteiger partial charge in [0.05, 0.1) is 10.9 Å². The highest BCUT2D eigenvalue weighted by atomic mass is 32.2. The van der Waals surface area contributed by atoms with Crippen molar-refractivity contribution in [2.24, 2.45) is 9.98 Å². The van der Waals surface area contributed by atoms with Gasteiger partial charge >= 0.3 is 0 Å². The van der Waals surface area contributed by atoms with Gasteiger partial charge in [-0.15, -0.1) is 0 Å². The molecule has 0 unspecified atom stereocenters. The van der Waals surface area contributed by atoms with Gasteiger partial charge in [0.2, 0.25) is 5.91 Å². The summed E-state index contributed by atoms with van der Waals surface area (Å²) in [5.74, 6) is 0.310. The van der Waals surface area contributed by atoms with Crippen molar-refractivity contribution < 1.29 is 9.59 Å². The smallest absolute Gasteiger partial charge is 0.263 e. The highest BCUT2D eigenvalue weighted by Crippen LogP contribution is 2.38. The number of para-hydroxylation sites is 1. The van der Waals surface area contributed by atoms with Gasteiger partial charge in [0.1, 0.15) is 5.84 Å². The molecular weight excluding hydrogens is 444 g/mol. The molecule has 2 amide bonds. The molecule has 7 heteroatoms. The van der Waals surface area contributed by atoms with E-state index < -0.39 is 11.3 Å². The molecule has 0 bridgehead atoms. The zero-order valence-corrected chi connectivity index (χ0v) is 19.8. The van der Waals surface area contributed by atoms with Crippen LogP contribution in [-0.4, -0.2) is 33.0 Å². The van der Waals surface area contributed by atoms with Crippen molar-refractivity contribution in [1.82, 2.24) is 10.2 Å². The van der Waals surface area contributed by atoms with E-state index in [1.807, 2.05) is 92.7 Å². The highest BCUT2D eigenvalue weighted by Gasteiger charge is 2.42. The first-order chi connectivity index (χ1) is 16.5. The molecule has 2 heterocycles. The number of thioether (sulfide) groups is 1. The largest absolute Gasteiger partial charge is 0.351 e. The Morgan fingerprint density at radius 3 is 2.50 bits per heavy atom. The van der Waals surface area contributed by atoms with Gasteiger partial charge in [-0.05, 0) is 37.1 Å². The molecule has 0 aliphatic carbocycles. The van der Waals surface area contributed by atoms with E-state index in [9.17, 15) is 9.59 Å². The average Bonchev–Trinajstić information content (AvgIpc) is 3.22. The minimum Gasteiger partial charge on any atom is -0.351 e. The van der Waals surface area contributed by atoms with Gasteiger partial charge in [-0.1, -0.05) is 84.1 Å². The van der Waals surface area contributed by atoms with E-state index >= 15 is 0 Å². The number of hydrogen-bond acceptors (Lipinski definition) is 5. The summed E-state index contributed by atoms with van der Waals surface area (Å²) >= 11 is 1.27. The Balaban J connectivity index is 1.37. The van der Waals surface area contributed by atoms with Crippen molar-refractivity contribution in [3.8, 4) is 0 Å². The Labute approximate surface area is 202 Å². The van der Waals surface area contributed by atoms with E-state index in [1.54, 1.807) is 4.90 Å². The number of aliphatic imine (C=N–C) groups is 2. The first kappa shape index (κ1) is 22.1. The molecule has 3 aromatic carbocycles. The second kappa shape index (κ2) is 9.27. The van der Waals surface area contributed by atoms with E-state index in [1.165, 1.54) is 17.3 Å². The number of hydrogen-bond donors (Lipinski definition) is 1. The molecule has 170 valence electrons. The van der Waals surface area contributed by atoms with E-state index in [-0.39, 0.29) is 11.8 Å². The zero-order valence-electron chi connectivity index (χ0n) is 18.9. The third-order valence-electron chi connectivity index (χ3n) is 5.82. The van der Waals surface area contributed by atoms with Gasteiger partial charge in [-0.3, -0.25) is 9.59 Å². The molecule has 2 atom stereocenters. The molecule has 0 saturated heterocycles. The summed E-state index contributed by atoms with van der Waals surface area (Å²) in [5, 5.41) is 3.01. The summed E-state index contributed by atoms with van der Waals surface area (Å²) in [5.41, 5.74) is 4.61. The predicted molar refractivity (Wildman–Crippen MR) is 136 cm³/mol. The number of fused-ring (bicyclic) bond motifs is 3. The maximum atomic E-state index is 13.5. The molecule has 0 spiro atoms. The molecule has 5 rings (SSSR count). The Bertz CT molecular complexity index is 1300. The number of carbonyl (C=O) groups is 2. The molecule has 2 aliphatic heterocycles. The van der Waals surface area contributed by atoms with Crippen LogP contribution >= 0.6 is 11.8 Å². The topological polar surface area (TPSA) is 74.1 Å². The van der Waals surface area contributed by atoms with E-state index in [4.69, 9.17) is 9.98 Å². The van der Waals surface area contributed by atoms with Gasteiger partial charge in [0.15, 0.2) is 11.2 Å². The Kier molecular flexibility index (Phi) is 6.02. The molecule has 0 fully saturated rings. The van der Waals surface area contributed by atoms with Gasteiger partial charge < -0.3 is 5.32 Å². The summed E-state index contributed by atoms with van der Waals surface area (Å²) in [7, 11) is 0. The molecule has 1 N–H and O–H groups in total. The quantitative estimate of drug-likeness (QED) is 0.587. The first-order valence-corrected chi connectivity index (χ1v) is 12.0. The van der Waals surface area contributed by atoms with Crippen molar-refractivity contribution in [1.29, 1.82) is 0 Å². The number of aryl methyl sites for hydroxylation is 1. The SMILES string of the molecule is Cc1ccc(CNC(=O)[C@@H](C)SC2=Nc3ccccc3C3=N[C@@H](c4ccccc4)C(=O)N23)cc1. The third-order valence-corrected chi connectivity index (χ3v) is 6.88. The number of benzene rings is 3. The van der Waals surface area contributed by atoms with Crippen LogP contribution in [0.25, 0.3) is 0 Å². The van der Waals surface area contributed by atoms with Crippen LogP contribution in [0.3, 0.4) is 0 Å². The lowest BCUT2D eigenvalue weighted by atomic mass is 10.1. The lowest BCUT2D eigenvalue weighted by Gasteiger charge is -2.26. The van der Waals surface area contributed by atoms with Crippen LogP contribution < -0.4 is 5.32 Å². The van der Waals surface area contributed by atoms with E-state index in [2.05, 4.69) is 5.32 Å². The lowest BCUT2D eigenvalue weighted by Crippen LogP contribution is -2.41. The van der Waals surface area contributed by atoms with Gasteiger partial charge in [-0.2, -0.15) is 0 Å². The monoisotopic (exact) mass is 468 g/mol. The van der Waals surface area contributed by atoms with E-state index in [0.29, 0.717) is 17.5 Å². The molecule has 2 aliphatic rings. The highest BCUT2D eigenvalue weighted by molar-refractivity contribution is 8.15. The minimum absolute atomic E-state index is 0.114. The summed E-state index contributed by atoms with van der Waals surface area (Å²) in [4.78, 5) is 37.4. The Hall–Kier alpha value is -3.71. The van der Waals surface area contributed by atoms with Gasteiger partial charge in [0.25, 0.3) is 5.91 Å². The predicted octanol–water partition coefficient (Wildman–Crippen LogP) is 4.76. The van der Waals surface area contributed by atoms with Crippen LogP contribution in [0.15, 0.2) is 88.8 Å². The van der Waals surface area contributed by atoms with Crippen LogP contribution in [-0.2, 0) is 16.1 Å². The molecule has 6 nitrogen and oxygen atoms in total. The maximum absolute atomic E-state index is 13.5. The Morgan fingerprint density at radius 2 is 1.74 bits per heavy atom. The Morgan fingerprint density at radius 1 is 1.03 bits per heavy atom. The fourth-order valence-corrected chi connectivity index (χ4v) is 4.87. The standard InChI is InChI=1S/C27H24N4O2S/c1-17-12-14-19(15-13-17)16-28-25(32)18(2)34-27-29-22-11-7-6-10-21(22)24-30-23(26(33)31(24)27)20-8-4-3-5-9-20/h3-15,18,23H,16H2,1-2H3,(H,28,32)/t18-,23+/m1/s1. The molecule has 34 heavy (non-hydrogen) atoms. The van der Waals surface area contributed by atoms with Crippen molar-refractivity contribution in [3.05, 3.63) is 101 Å². The van der Waals surface area contributed by atoms with Crippen LogP contribution in [0.4, 0.5) is 5.69 Å². The summed E-state index contributed by atoms with van der Waals surface area (Å²) in [6.45, 7) is 4.30. The number of nitrogens with one attached hydrogen (secondary N) is 1. The normalized spacial score (nSPS) is 17.4. The van der Waals surface area contributed by atoms with Gasteiger partial charge in [0, 0.05) is 12.1 Å². The average molecular weight is 469 g/mol. The molecular formula is C27H24N4O2S. The fraction of sp³-hybridized carbons (Fsp3) is 0.185. The summed E-state index contributed by atoms with van der Waals surface area (Å²) in [6, 6.07) is 24.6. The van der Waals surface area contributed by atoms with Crippen LogP contribution in [0.1, 0.15) is 35.2 Å². The van der Waals surface area contributed by atoms with Crippen molar-refractivity contribution in [3.63, 3.8) is 0 Å². The van der Waals surface area contributed by atoms with E-state index in [0.717, 1.165) is 22.4 Å². The maximum Gasteiger partial charge on any atom is 0.263 e. The van der Waals surface area contributed by atoms with Gasteiger partial charge in [-0.25, -0.2) is 14.9 Å². The van der Waals surface area contributed by atoms with Crippen LogP contribution in [0.2, 0.25) is 0 Å². The zero-order chi connectivity index (χ0) is 23.7. The van der Waals surface area contributed by atoms with Crippen molar-refractivity contribution in [2.75, 3.05) is 0 Å². The first-order valence-electron chi connectivity index (χ1n) is 11.2. The number of rotatable bonds is 5. The number of nitrogens with zero attached hydrogens (tertiary/aromatic N) is 3. The molecule has 3 aromatic rings. The van der Waals surface area contributed by atoms with Crippen LogP contribution in [0.5, 0.6) is 0 Å². The number of amidine groups is 2. The summed E-state index contributed by atoms with van der Waals surface area (Å²) in [6.07, 6.45) is 0. The number of amides is 2. The lowest BCUT2D eigenvalue weighted by molar-refractivity contribution is -0.124. The third kappa shape index (κ3) is 4.26. The van der Waals surface area contributed by atoms with Crippen molar-refractivity contribution >= 4 is 40.3 Å². The molecule has 0 saturated carbocycles. The molecule has 0 radical (unpaired) electrons. The number of carbonyl (C=O) groups excluding carboxylic acids is 2. The van der Waals surface area contributed by atoms with Crippen molar-refractivity contribution in [2.45, 2.75) is 31.7 Å². The second-order valence-corrected chi connectivity index (χ2v) is 9.62. The fourth-order valence-electron chi connectivity index (χ4n) is 3.93. The van der Waals surface area contributed by atoms with Crippen LogP contribution in [0, 0.1) is 6.92 Å². The molecule has 0 aromatic heterocycles. The minimum atomic E-state index is -0.626. The second-order valence-electron chi connectivity index (χ2n) is 8.31.